The van der Waals surface area contributed by atoms with Crippen LogP contribution in [0.4, 0.5) is 0 Å². The van der Waals surface area contributed by atoms with Crippen molar-refractivity contribution in [2.24, 2.45) is 0 Å². The normalized spacial score (nSPS) is 12.5. The fourth-order valence-corrected chi connectivity index (χ4v) is 1.13. The van der Waals surface area contributed by atoms with Crippen molar-refractivity contribution >= 4 is 11.9 Å². The molecule has 4 heteroatoms. The minimum atomic E-state index is -0.628. The lowest BCUT2D eigenvalue weighted by molar-refractivity contribution is -0.153. The van der Waals surface area contributed by atoms with Gasteiger partial charge in [0, 0.05) is 17.8 Å². The van der Waals surface area contributed by atoms with Gasteiger partial charge in [0.25, 0.3) is 0 Å². The fourth-order valence-electron chi connectivity index (χ4n) is 1.13. The van der Waals surface area contributed by atoms with E-state index < -0.39 is 11.9 Å². The van der Waals surface area contributed by atoms with Crippen molar-refractivity contribution in [3.8, 4) is 0 Å². The second-order valence-electron chi connectivity index (χ2n) is 3.73. The van der Waals surface area contributed by atoms with Crippen LogP contribution in [0.25, 0.3) is 0 Å². The number of carbonyl (C=O) groups is 2. The standard InChI is InChI=1S/C13H20O4/c1-4-7-10(2)12(15)17-13(16)11(3)8-5-6-9-14/h7-8,14H,4-6,9H2,1-3H3. The quantitative estimate of drug-likeness (QED) is 0.334. The van der Waals surface area contributed by atoms with Gasteiger partial charge >= 0.3 is 11.9 Å². The molecule has 0 aliphatic carbocycles. The van der Waals surface area contributed by atoms with E-state index in [1.807, 2.05) is 6.92 Å². The molecule has 0 spiro atoms. The Bertz CT molecular complexity index is 326. The van der Waals surface area contributed by atoms with Crippen LogP contribution in [0.3, 0.4) is 0 Å². The maximum Gasteiger partial charge on any atom is 0.341 e. The van der Waals surface area contributed by atoms with Gasteiger partial charge in [-0.15, -0.1) is 0 Å². The summed E-state index contributed by atoms with van der Waals surface area (Å²) in [6, 6.07) is 0. The highest BCUT2D eigenvalue weighted by atomic mass is 16.6. The van der Waals surface area contributed by atoms with Gasteiger partial charge in [-0.2, -0.15) is 0 Å². The van der Waals surface area contributed by atoms with E-state index in [4.69, 9.17) is 5.11 Å². The molecule has 0 rings (SSSR count). The van der Waals surface area contributed by atoms with E-state index in [0.29, 0.717) is 24.0 Å². The summed E-state index contributed by atoms with van der Waals surface area (Å²) in [6.07, 6.45) is 5.27. The zero-order valence-corrected chi connectivity index (χ0v) is 10.7. The highest BCUT2D eigenvalue weighted by Gasteiger charge is 2.13. The molecule has 17 heavy (non-hydrogen) atoms. The molecule has 0 saturated carbocycles. The van der Waals surface area contributed by atoms with Gasteiger partial charge in [-0.25, -0.2) is 9.59 Å². The molecule has 0 atom stereocenters. The van der Waals surface area contributed by atoms with E-state index in [-0.39, 0.29) is 6.61 Å². The smallest absolute Gasteiger partial charge is 0.341 e. The van der Waals surface area contributed by atoms with Gasteiger partial charge in [0.15, 0.2) is 0 Å². The summed E-state index contributed by atoms with van der Waals surface area (Å²) in [4.78, 5) is 22.9. The number of unbranched alkanes of at least 4 members (excludes halogenated alkanes) is 1. The number of aliphatic hydroxyl groups excluding tert-OH is 1. The molecule has 0 amide bonds. The Hall–Kier alpha value is -1.42. The topological polar surface area (TPSA) is 63.6 Å². The Kier molecular flexibility index (Phi) is 7.97. The van der Waals surface area contributed by atoms with Crippen LogP contribution in [0.2, 0.25) is 0 Å². The fraction of sp³-hybridized carbons (Fsp3) is 0.538. The van der Waals surface area contributed by atoms with Gasteiger partial charge in [-0.1, -0.05) is 19.1 Å². The number of esters is 2. The number of aliphatic hydroxyl groups is 1. The lowest BCUT2D eigenvalue weighted by atomic mass is 10.2. The van der Waals surface area contributed by atoms with Crippen LogP contribution in [0.5, 0.6) is 0 Å². The van der Waals surface area contributed by atoms with E-state index in [2.05, 4.69) is 4.74 Å². The molecule has 0 unspecified atom stereocenters. The highest BCUT2D eigenvalue weighted by molar-refractivity contribution is 6.01. The third-order valence-electron chi connectivity index (χ3n) is 2.15. The molecule has 0 saturated heterocycles. The molecular formula is C13H20O4. The summed E-state index contributed by atoms with van der Waals surface area (Å²) < 4.78 is 4.68. The number of hydrogen-bond donors (Lipinski definition) is 1. The molecule has 0 aliphatic rings. The van der Waals surface area contributed by atoms with Crippen LogP contribution in [0, 0.1) is 0 Å². The summed E-state index contributed by atoms with van der Waals surface area (Å²) in [5.74, 6) is -1.23. The molecule has 0 aromatic rings. The van der Waals surface area contributed by atoms with Gasteiger partial charge in [0.2, 0.25) is 0 Å². The van der Waals surface area contributed by atoms with E-state index >= 15 is 0 Å². The Morgan fingerprint density at radius 1 is 1.12 bits per heavy atom. The summed E-state index contributed by atoms with van der Waals surface area (Å²) in [5.41, 5.74) is 0.820. The molecule has 0 radical (unpaired) electrons. The first-order chi connectivity index (χ1) is 8.02. The van der Waals surface area contributed by atoms with E-state index in [0.717, 1.165) is 6.42 Å². The van der Waals surface area contributed by atoms with Crippen molar-refractivity contribution in [2.75, 3.05) is 6.61 Å². The number of carbonyl (C=O) groups excluding carboxylic acids is 2. The summed E-state index contributed by atoms with van der Waals surface area (Å²) in [7, 11) is 0. The second-order valence-corrected chi connectivity index (χ2v) is 3.73. The van der Waals surface area contributed by atoms with Crippen molar-refractivity contribution in [3.63, 3.8) is 0 Å². The molecule has 0 heterocycles. The first-order valence-electron chi connectivity index (χ1n) is 5.73. The molecule has 96 valence electrons. The number of ether oxygens (including phenoxy) is 1. The Balaban J connectivity index is 4.30. The molecule has 0 aliphatic heterocycles. The lowest BCUT2D eigenvalue weighted by Crippen LogP contribution is -2.14. The SMILES string of the molecule is CCC=C(C)C(=O)OC(=O)C(C)=CCCCO. The van der Waals surface area contributed by atoms with E-state index in [9.17, 15) is 9.59 Å². The molecular weight excluding hydrogens is 220 g/mol. The molecule has 4 nitrogen and oxygen atoms in total. The van der Waals surface area contributed by atoms with Crippen LogP contribution in [-0.2, 0) is 14.3 Å². The second kappa shape index (κ2) is 8.70. The van der Waals surface area contributed by atoms with Crippen LogP contribution >= 0.6 is 0 Å². The van der Waals surface area contributed by atoms with E-state index in [1.165, 1.54) is 0 Å². The van der Waals surface area contributed by atoms with Crippen LogP contribution in [-0.4, -0.2) is 23.7 Å². The zero-order chi connectivity index (χ0) is 13.3. The van der Waals surface area contributed by atoms with E-state index in [1.54, 1.807) is 26.0 Å². The van der Waals surface area contributed by atoms with Crippen molar-refractivity contribution in [2.45, 2.75) is 40.0 Å². The van der Waals surface area contributed by atoms with Crippen molar-refractivity contribution in [1.82, 2.24) is 0 Å². The largest absolute Gasteiger partial charge is 0.396 e. The average molecular weight is 240 g/mol. The van der Waals surface area contributed by atoms with Crippen LogP contribution < -0.4 is 0 Å². The number of allylic oxidation sites excluding steroid dienone is 2. The summed E-state index contributed by atoms with van der Waals surface area (Å²) in [5, 5.41) is 8.59. The lowest BCUT2D eigenvalue weighted by Gasteiger charge is -2.03. The van der Waals surface area contributed by atoms with Crippen molar-refractivity contribution < 1.29 is 19.4 Å². The number of rotatable bonds is 6. The van der Waals surface area contributed by atoms with Crippen molar-refractivity contribution in [1.29, 1.82) is 0 Å². The molecule has 1 N–H and O–H groups in total. The minimum absolute atomic E-state index is 0.0795. The molecule has 0 aromatic carbocycles. The minimum Gasteiger partial charge on any atom is -0.396 e. The van der Waals surface area contributed by atoms with Gasteiger partial charge in [0.1, 0.15) is 0 Å². The predicted octanol–water partition coefficient (Wildman–Crippen LogP) is 2.13. The molecule has 0 fully saturated rings. The van der Waals surface area contributed by atoms with Gasteiger partial charge in [-0.05, 0) is 33.1 Å². The summed E-state index contributed by atoms with van der Waals surface area (Å²) in [6.45, 7) is 5.19. The summed E-state index contributed by atoms with van der Waals surface area (Å²) >= 11 is 0. The first kappa shape index (κ1) is 15.6. The van der Waals surface area contributed by atoms with Gasteiger partial charge in [-0.3, -0.25) is 0 Å². The zero-order valence-electron chi connectivity index (χ0n) is 10.7. The molecule has 0 aromatic heterocycles. The van der Waals surface area contributed by atoms with Crippen LogP contribution in [0.15, 0.2) is 23.3 Å². The molecule has 0 bridgehead atoms. The predicted molar refractivity (Wildman–Crippen MR) is 65.2 cm³/mol. The Morgan fingerprint density at radius 2 is 1.65 bits per heavy atom. The maximum absolute atomic E-state index is 11.5. The maximum atomic E-state index is 11.5. The third kappa shape index (κ3) is 6.68. The van der Waals surface area contributed by atoms with Gasteiger partial charge in [0.05, 0.1) is 0 Å². The van der Waals surface area contributed by atoms with Crippen LogP contribution in [0.1, 0.15) is 40.0 Å². The Morgan fingerprint density at radius 3 is 2.12 bits per heavy atom. The Labute approximate surface area is 102 Å². The van der Waals surface area contributed by atoms with Crippen molar-refractivity contribution in [3.05, 3.63) is 23.3 Å². The average Bonchev–Trinajstić information content (AvgIpc) is 2.29. The third-order valence-corrected chi connectivity index (χ3v) is 2.15. The number of hydrogen-bond acceptors (Lipinski definition) is 4. The van der Waals surface area contributed by atoms with Gasteiger partial charge < -0.3 is 9.84 Å². The first-order valence-corrected chi connectivity index (χ1v) is 5.73. The monoisotopic (exact) mass is 240 g/mol. The highest BCUT2D eigenvalue weighted by Crippen LogP contribution is 2.05.